The number of H-pyrrole nitrogens is 1. The lowest BCUT2D eigenvalue weighted by molar-refractivity contribution is -0.137. The first-order valence-electron chi connectivity index (χ1n) is 10.4. The van der Waals surface area contributed by atoms with E-state index in [0.29, 0.717) is 24.5 Å². The van der Waals surface area contributed by atoms with Crippen molar-refractivity contribution in [3.8, 4) is 28.4 Å². The molecule has 1 aliphatic rings. The summed E-state index contributed by atoms with van der Waals surface area (Å²) in [5, 5.41) is 16.7. The van der Waals surface area contributed by atoms with Crippen LogP contribution < -0.4 is 0 Å². The van der Waals surface area contributed by atoms with Crippen LogP contribution in [0.1, 0.15) is 22.4 Å². The molecule has 2 aromatic carbocycles. The predicted octanol–water partition coefficient (Wildman–Crippen LogP) is 4.82. The van der Waals surface area contributed by atoms with E-state index in [1.54, 1.807) is 18.3 Å². The zero-order valence-electron chi connectivity index (χ0n) is 17.5. The second-order valence-electron chi connectivity index (χ2n) is 8.02. The van der Waals surface area contributed by atoms with Gasteiger partial charge in [0.2, 0.25) is 0 Å². The van der Waals surface area contributed by atoms with Gasteiger partial charge in [-0.3, -0.25) is 10.00 Å². The van der Waals surface area contributed by atoms with Crippen LogP contribution in [0.15, 0.2) is 60.9 Å². The van der Waals surface area contributed by atoms with Gasteiger partial charge in [-0.1, -0.05) is 12.1 Å². The van der Waals surface area contributed by atoms with Crippen LogP contribution in [-0.2, 0) is 25.7 Å². The van der Waals surface area contributed by atoms with Gasteiger partial charge in [-0.2, -0.15) is 18.3 Å². The Bertz CT molecular complexity index is 1270. The summed E-state index contributed by atoms with van der Waals surface area (Å²) < 4.78 is 38.4. The number of phenols is 1. The molecule has 0 aliphatic carbocycles. The van der Waals surface area contributed by atoms with Crippen molar-refractivity contribution in [3.63, 3.8) is 0 Å². The lowest BCUT2D eigenvalue weighted by atomic mass is 10.0. The number of hydrogen-bond donors (Lipinski definition) is 2. The molecule has 0 amide bonds. The maximum Gasteiger partial charge on any atom is 0.416 e. The Balaban J connectivity index is 1.31. The van der Waals surface area contributed by atoms with E-state index < -0.39 is 11.7 Å². The number of phenolic OH excluding ortho intramolecular Hbond substituents is 1. The first-order chi connectivity index (χ1) is 15.9. The van der Waals surface area contributed by atoms with Gasteiger partial charge in [0, 0.05) is 54.5 Å². The van der Waals surface area contributed by atoms with Crippen LogP contribution in [0.25, 0.3) is 22.6 Å². The van der Waals surface area contributed by atoms with Gasteiger partial charge < -0.3 is 5.11 Å². The summed E-state index contributed by atoms with van der Waals surface area (Å²) in [5.41, 5.74) is 4.70. The van der Waals surface area contributed by atoms with Crippen LogP contribution in [0.4, 0.5) is 13.2 Å². The van der Waals surface area contributed by atoms with Crippen LogP contribution in [0.2, 0.25) is 0 Å². The number of aromatic amines is 1. The molecule has 2 aromatic heterocycles. The number of halogens is 3. The molecule has 0 bridgehead atoms. The summed E-state index contributed by atoms with van der Waals surface area (Å²) in [7, 11) is 0. The van der Waals surface area contributed by atoms with Gasteiger partial charge in [-0.15, -0.1) is 0 Å². The van der Waals surface area contributed by atoms with Gasteiger partial charge in [-0.05, 0) is 36.4 Å². The first-order valence-corrected chi connectivity index (χ1v) is 10.4. The highest BCUT2D eigenvalue weighted by atomic mass is 19.4. The zero-order valence-corrected chi connectivity index (χ0v) is 17.5. The highest BCUT2D eigenvalue weighted by Gasteiger charge is 2.30. The van der Waals surface area contributed by atoms with Gasteiger partial charge in [-0.25, -0.2) is 9.97 Å². The van der Waals surface area contributed by atoms with Crippen LogP contribution in [0.3, 0.4) is 0 Å². The second-order valence-corrected chi connectivity index (χ2v) is 8.02. The van der Waals surface area contributed by atoms with E-state index in [1.165, 1.54) is 12.1 Å². The SMILES string of the molecule is Oc1ccc(-c2[nH]ncc2CN2CCc3nc(-c4ccc(C(F)(F)F)cc4)ncc3C2)cc1. The molecule has 2 N–H and O–H groups in total. The fourth-order valence-electron chi connectivity index (χ4n) is 4.01. The molecule has 0 unspecified atom stereocenters. The third kappa shape index (κ3) is 4.45. The molecule has 1 aliphatic heterocycles. The average molecular weight is 451 g/mol. The Labute approximate surface area is 187 Å². The highest BCUT2D eigenvalue weighted by Crippen LogP contribution is 2.31. The first kappa shape index (κ1) is 21.1. The van der Waals surface area contributed by atoms with Gasteiger partial charge in [0.1, 0.15) is 5.75 Å². The molecular formula is C24H20F3N5O. The number of benzene rings is 2. The van der Waals surface area contributed by atoms with Crippen molar-refractivity contribution in [2.24, 2.45) is 0 Å². The van der Waals surface area contributed by atoms with Crippen LogP contribution in [-0.4, -0.2) is 36.7 Å². The fraction of sp³-hybridized carbons (Fsp3) is 0.208. The third-order valence-corrected chi connectivity index (χ3v) is 5.75. The van der Waals surface area contributed by atoms with Crippen molar-refractivity contribution in [1.82, 2.24) is 25.1 Å². The van der Waals surface area contributed by atoms with E-state index >= 15 is 0 Å². The molecule has 0 saturated carbocycles. The highest BCUT2D eigenvalue weighted by molar-refractivity contribution is 5.63. The molecule has 0 spiro atoms. The van der Waals surface area contributed by atoms with Gasteiger partial charge in [0.05, 0.1) is 23.1 Å². The summed E-state index contributed by atoms with van der Waals surface area (Å²) in [6.45, 7) is 2.15. The Morgan fingerprint density at radius 1 is 0.970 bits per heavy atom. The normalized spacial score (nSPS) is 14.3. The summed E-state index contributed by atoms with van der Waals surface area (Å²) in [6, 6.07) is 11.9. The van der Waals surface area contributed by atoms with Crippen molar-refractivity contribution < 1.29 is 18.3 Å². The zero-order chi connectivity index (χ0) is 23.0. The van der Waals surface area contributed by atoms with Gasteiger partial charge in [0.25, 0.3) is 0 Å². The van der Waals surface area contributed by atoms with Crippen molar-refractivity contribution in [1.29, 1.82) is 0 Å². The number of aromatic nitrogens is 4. The molecule has 9 heteroatoms. The molecular weight excluding hydrogens is 431 g/mol. The predicted molar refractivity (Wildman–Crippen MR) is 116 cm³/mol. The standard InChI is InChI=1S/C24H20F3N5O/c25-24(26,27)19-5-1-16(2-6-19)23-28-11-17-13-32(10-9-21(17)30-23)14-18-12-29-31-22(18)15-3-7-20(33)8-4-15/h1-8,11-12,33H,9-10,13-14H2,(H,29,31). The number of nitrogens with zero attached hydrogens (tertiary/aromatic N) is 4. The van der Waals surface area contributed by atoms with Crippen molar-refractivity contribution in [2.75, 3.05) is 6.54 Å². The largest absolute Gasteiger partial charge is 0.508 e. The van der Waals surface area contributed by atoms with Crippen molar-refractivity contribution >= 4 is 0 Å². The fourth-order valence-corrected chi connectivity index (χ4v) is 4.01. The van der Waals surface area contributed by atoms with Crippen LogP contribution in [0, 0.1) is 0 Å². The molecule has 5 rings (SSSR count). The van der Waals surface area contributed by atoms with Crippen LogP contribution >= 0.6 is 0 Å². The smallest absolute Gasteiger partial charge is 0.416 e. The molecule has 33 heavy (non-hydrogen) atoms. The van der Waals surface area contributed by atoms with Crippen molar-refractivity contribution in [3.05, 3.63) is 83.3 Å². The quantitative estimate of drug-likeness (QED) is 0.465. The number of nitrogens with one attached hydrogen (secondary N) is 1. The third-order valence-electron chi connectivity index (χ3n) is 5.75. The number of aromatic hydroxyl groups is 1. The molecule has 168 valence electrons. The Morgan fingerprint density at radius 3 is 2.42 bits per heavy atom. The van der Waals surface area contributed by atoms with Crippen LogP contribution in [0.5, 0.6) is 5.75 Å². The summed E-state index contributed by atoms with van der Waals surface area (Å²) in [6.07, 6.45) is -0.0760. The molecule has 6 nitrogen and oxygen atoms in total. The lowest BCUT2D eigenvalue weighted by Gasteiger charge is -2.28. The topological polar surface area (TPSA) is 77.9 Å². The van der Waals surface area contributed by atoms with Gasteiger partial charge in [0.15, 0.2) is 5.82 Å². The van der Waals surface area contributed by atoms with Crippen molar-refractivity contribution in [2.45, 2.75) is 25.7 Å². The van der Waals surface area contributed by atoms with E-state index in [9.17, 15) is 18.3 Å². The van der Waals surface area contributed by atoms with E-state index in [1.807, 2.05) is 18.3 Å². The molecule has 3 heterocycles. The summed E-state index contributed by atoms with van der Waals surface area (Å²) >= 11 is 0. The Morgan fingerprint density at radius 2 is 1.70 bits per heavy atom. The number of alkyl halides is 3. The Kier molecular flexibility index (Phi) is 5.33. The summed E-state index contributed by atoms with van der Waals surface area (Å²) in [5.74, 6) is 0.642. The number of rotatable bonds is 4. The number of fused-ring (bicyclic) bond motifs is 1. The van der Waals surface area contributed by atoms with E-state index in [4.69, 9.17) is 0 Å². The van der Waals surface area contributed by atoms with Gasteiger partial charge >= 0.3 is 6.18 Å². The molecule has 4 aromatic rings. The lowest BCUT2D eigenvalue weighted by Crippen LogP contribution is -2.31. The molecule has 0 fully saturated rings. The molecule has 0 atom stereocenters. The maximum atomic E-state index is 12.8. The van der Waals surface area contributed by atoms with E-state index in [-0.39, 0.29) is 5.75 Å². The monoisotopic (exact) mass is 451 g/mol. The second kappa shape index (κ2) is 8.32. The maximum absolute atomic E-state index is 12.8. The van der Waals surface area contributed by atoms with E-state index in [0.717, 1.165) is 53.2 Å². The molecule has 0 saturated heterocycles. The van der Waals surface area contributed by atoms with E-state index in [2.05, 4.69) is 25.1 Å². The minimum atomic E-state index is -4.37. The Hall–Kier alpha value is -3.72. The average Bonchev–Trinajstić information content (AvgIpc) is 3.27. The number of hydrogen-bond acceptors (Lipinski definition) is 5. The minimum absolute atomic E-state index is 0.211. The minimum Gasteiger partial charge on any atom is -0.508 e. The summed E-state index contributed by atoms with van der Waals surface area (Å²) in [4.78, 5) is 11.3. The molecule has 0 radical (unpaired) electrons.